The molecular weight excluding hydrogens is 809 g/mol. The number of rotatable bonds is 17. The minimum absolute atomic E-state index is 0.208. The number of benzene rings is 4. The van der Waals surface area contributed by atoms with E-state index >= 15 is 0 Å². The number of aldehydes is 1. The molecule has 7 rings (SSSR count). The van der Waals surface area contributed by atoms with E-state index in [-0.39, 0.29) is 28.7 Å². The van der Waals surface area contributed by atoms with Gasteiger partial charge in [-0.3, -0.25) is 0 Å². The molecule has 1 unspecified atom stereocenters. The van der Waals surface area contributed by atoms with Crippen molar-refractivity contribution in [2.75, 3.05) is 13.2 Å². The Morgan fingerprint density at radius 2 is 1.37 bits per heavy atom. The molecule has 3 aliphatic heterocycles. The highest BCUT2D eigenvalue weighted by atomic mass is 28.4. The van der Waals surface area contributed by atoms with E-state index in [0.717, 1.165) is 28.4 Å². The Morgan fingerprint density at radius 1 is 0.762 bits per heavy atom. The molecule has 3 fully saturated rings. The fourth-order valence-corrected chi connectivity index (χ4v) is 15.2. The van der Waals surface area contributed by atoms with Crippen LogP contribution in [0.5, 0.6) is 0 Å². The van der Waals surface area contributed by atoms with Crippen LogP contribution in [0.4, 0.5) is 0 Å². The van der Waals surface area contributed by atoms with Gasteiger partial charge in [-0.1, -0.05) is 145 Å². The molecule has 340 valence electrons. The zero-order valence-electron chi connectivity index (χ0n) is 38.8. The Balaban J connectivity index is 1.15. The third kappa shape index (κ3) is 10.9. The zero-order chi connectivity index (χ0) is 44.9. The van der Waals surface area contributed by atoms with Crippen molar-refractivity contribution in [3.63, 3.8) is 0 Å². The van der Waals surface area contributed by atoms with E-state index in [2.05, 4.69) is 104 Å². The third-order valence-corrected chi connectivity index (χ3v) is 18.3. The molecule has 63 heavy (non-hydrogen) atoms. The van der Waals surface area contributed by atoms with Crippen LogP contribution in [0.3, 0.4) is 0 Å². The van der Waals surface area contributed by atoms with Gasteiger partial charge in [0.1, 0.15) is 24.1 Å². The van der Waals surface area contributed by atoms with Crippen molar-refractivity contribution in [1.29, 1.82) is 0 Å². The van der Waals surface area contributed by atoms with Crippen LogP contribution in [0.2, 0.25) is 10.1 Å². The van der Waals surface area contributed by atoms with E-state index in [0.29, 0.717) is 52.3 Å². The van der Waals surface area contributed by atoms with Crippen LogP contribution in [0.25, 0.3) is 10.8 Å². The SMILES string of the molecule is C=CC[C@]1(C)O[C@]2(C)CO[Si](C(C)(C)C)(C(C)(C)C)O[C@H]2C[C@H]1OC(C=O)C[C@H]1O[C@@H](COCc2ccccc2)[C@H](OCc2ccccc2)C[C@@H]1OCc1ccc2ccccc2c1. The van der Waals surface area contributed by atoms with Crippen molar-refractivity contribution in [1.82, 2.24) is 0 Å². The second-order valence-corrected chi connectivity index (χ2v) is 25.1. The molecule has 0 aliphatic carbocycles. The maximum atomic E-state index is 13.3. The highest BCUT2D eigenvalue weighted by molar-refractivity contribution is 6.73. The van der Waals surface area contributed by atoms with Crippen LogP contribution in [-0.4, -0.2) is 82.0 Å². The average Bonchev–Trinajstić information content (AvgIpc) is 3.25. The molecule has 10 heteroatoms. The molecule has 9 atom stereocenters. The van der Waals surface area contributed by atoms with Crippen LogP contribution in [-0.2, 0) is 61.9 Å². The molecule has 0 spiro atoms. The molecular formula is C53H70O9Si. The summed E-state index contributed by atoms with van der Waals surface area (Å²) in [5, 5.41) is 1.90. The van der Waals surface area contributed by atoms with Gasteiger partial charge in [-0.15, -0.1) is 6.58 Å². The molecule has 4 aromatic carbocycles. The largest absolute Gasteiger partial charge is 0.390 e. The number of hydrogen-bond acceptors (Lipinski definition) is 9. The molecule has 3 heterocycles. The summed E-state index contributed by atoms with van der Waals surface area (Å²) in [6.45, 7) is 23.5. The average molecular weight is 879 g/mol. The topological polar surface area (TPSA) is 90.9 Å². The fourth-order valence-electron chi connectivity index (χ4n) is 10.1. The Labute approximate surface area is 377 Å². The smallest absolute Gasteiger partial charge is 0.349 e. The quantitative estimate of drug-likeness (QED) is 0.0584. The van der Waals surface area contributed by atoms with Gasteiger partial charge in [-0.2, -0.15) is 0 Å². The standard InChI is InChI=1S/C53H70O9Si/c1-10-27-52(8)48(31-49-53(9,62-52)37-58-63(61-49,50(2,3)4)51(5,6)7)59-43(32-54)29-46-44(57-35-40-25-26-41-23-17-18-24-42(41)28-40)30-45(56-34-39-21-15-12-16-22-39)47(60-46)36-55-33-38-19-13-11-14-20-38/h10-26,28,32,43-49H,1,27,29-31,33-37H2,2-9H3/t43?,44-,45+,46+,47-,48+,49-,52-,53+/m0/s1. The van der Waals surface area contributed by atoms with Crippen molar-refractivity contribution in [3.8, 4) is 0 Å². The van der Waals surface area contributed by atoms with Crippen molar-refractivity contribution in [2.24, 2.45) is 0 Å². The lowest BCUT2D eigenvalue weighted by Crippen LogP contribution is -2.73. The zero-order valence-corrected chi connectivity index (χ0v) is 39.8. The van der Waals surface area contributed by atoms with Crippen LogP contribution < -0.4 is 0 Å². The normalized spacial score (nSPS) is 29.1. The van der Waals surface area contributed by atoms with Gasteiger partial charge >= 0.3 is 8.56 Å². The predicted molar refractivity (Wildman–Crippen MR) is 250 cm³/mol. The van der Waals surface area contributed by atoms with Gasteiger partial charge < -0.3 is 42.1 Å². The van der Waals surface area contributed by atoms with E-state index < -0.39 is 50.3 Å². The van der Waals surface area contributed by atoms with Gasteiger partial charge in [0, 0.05) is 29.3 Å². The van der Waals surface area contributed by atoms with Crippen LogP contribution in [0.15, 0.2) is 116 Å². The van der Waals surface area contributed by atoms with E-state index in [1.807, 2.05) is 66.7 Å². The van der Waals surface area contributed by atoms with E-state index in [9.17, 15) is 4.79 Å². The number of ether oxygens (including phenoxy) is 6. The van der Waals surface area contributed by atoms with Gasteiger partial charge in [0.15, 0.2) is 0 Å². The first-order chi connectivity index (χ1) is 30.0. The molecule has 0 bridgehead atoms. The number of hydrogen-bond donors (Lipinski definition) is 0. The van der Waals surface area contributed by atoms with Crippen LogP contribution >= 0.6 is 0 Å². The van der Waals surface area contributed by atoms with Crippen molar-refractivity contribution in [3.05, 3.63) is 132 Å². The summed E-state index contributed by atoms with van der Waals surface area (Å²) in [6.07, 6.45) is 1.32. The third-order valence-electron chi connectivity index (χ3n) is 13.2. The van der Waals surface area contributed by atoms with Gasteiger partial charge in [0.05, 0.1) is 69.2 Å². The Morgan fingerprint density at radius 3 is 2.00 bits per heavy atom. The number of fused-ring (bicyclic) bond motifs is 2. The van der Waals surface area contributed by atoms with Crippen molar-refractivity contribution in [2.45, 2.75) is 165 Å². The molecule has 0 radical (unpaired) electrons. The van der Waals surface area contributed by atoms with Crippen LogP contribution in [0.1, 0.15) is 97.8 Å². The lowest BCUT2D eigenvalue weighted by molar-refractivity contribution is -0.297. The van der Waals surface area contributed by atoms with E-state index in [1.165, 1.54) is 5.39 Å². The summed E-state index contributed by atoms with van der Waals surface area (Å²) in [7, 11) is -2.84. The van der Waals surface area contributed by atoms with Gasteiger partial charge in [0.25, 0.3) is 0 Å². The number of carbonyl (C=O) groups is 1. The number of carbonyl (C=O) groups excluding carboxylic acids is 1. The Hall–Kier alpha value is -3.55. The molecule has 0 N–H and O–H groups in total. The summed E-state index contributed by atoms with van der Waals surface area (Å²) in [6, 6.07) is 35.0. The second-order valence-electron chi connectivity index (χ2n) is 20.3. The van der Waals surface area contributed by atoms with Crippen LogP contribution in [0, 0.1) is 0 Å². The molecule has 4 aromatic rings. The lowest BCUT2D eigenvalue weighted by Gasteiger charge is -2.61. The van der Waals surface area contributed by atoms with Gasteiger partial charge in [-0.05, 0) is 53.8 Å². The van der Waals surface area contributed by atoms with Crippen molar-refractivity contribution < 1.29 is 42.1 Å². The Bertz CT molecular complexity index is 2090. The van der Waals surface area contributed by atoms with E-state index in [4.69, 9.17) is 37.3 Å². The minimum atomic E-state index is -2.84. The molecule has 0 amide bonds. The first-order valence-electron chi connectivity index (χ1n) is 22.8. The van der Waals surface area contributed by atoms with Gasteiger partial charge in [-0.25, -0.2) is 0 Å². The van der Waals surface area contributed by atoms with Gasteiger partial charge in [0.2, 0.25) is 0 Å². The van der Waals surface area contributed by atoms with E-state index in [1.54, 1.807) is 0 Å². The maximum Gasteiger partial charge on any atom is 0.349 e. The monoisotopic (exact) mass is 878 g/mol. The minimum Gasteiger partial charge on any atom is -0.390 e. The molecule has 9 nitrogen and oxygen atoms in total. The summed E-state index contributed by atoms with van der Waals surface area (Å²) in [4.78, 5) is 13.3. The second kappa shape index (κ2) is 19.9. The molecule has 3 saturated heterocycles. The summed E-state index contributed by atoms with van der Waals surface area (Å²) in [5.74, 6) is 0. The van der Waals surface area contributed by atoms with Crippen molar-refractivity contribution >= 4 is 25.6 Å². The summed E-state index contributed by atoms with van der Waals surface area (Å²) in [5.41, 5.74) is 1.69. The summed E-state index contributed by atoms with van der Waals surface area (Å²) >= 11 is 0. The molecule has 0 saturated carbocycles. The highest BCUT2D eigenvalue weighted by Crippen LogP contribution is 2.57. The summed E-state index contributed by atoms with van der Waals surface area (Å²) < 4.78 is 55.1. The predicted octanol–water partition coefficient (Wildman–Crippen LogP) is 11.0. The fraction of sp³-hybridized carbons (Fsp3) is 0.528. The first-order valence-corrected chi connectivity index (χ1v) is 24.6. The first kappa shape index (κ1) is 47.4. The maximum absolute atomic E-state index is 13.3. The molecule has 0 aromatic heterocycles. The highest BCUT2D eigenvalue weighted by Gasteiger charge is 2.66. The Kier molecular flexibility index (Phi) is 15.0. The molecule has 3 aliphatic rings. The lowest BCUT2D eigenvalue weighted by atomic mass is 9.80.